The van der Waals surface area contributed by atoms with E-state index in [4.69, 9.17) is 0 Å². The third-order valence-electron chi connectivity index (χ3n) is 4.15. The molecule has 3 N–H and O–H groups in total. The van der Waals surface area contributed by atoms with Gasteiger partial charge in [0.25, 0.3) is 0 Å². The molecule has 2 aromatic heterocycles. The molecule has 0 aliphatic heterocycles. The number of aldehydes is 1. The lowest BCUT2D eigenvalue weighted by atomic mass is 10.1. The van der Waals surface area contributed by atoms with Crippen molar-refractivity contribution in [1.29, 1.82) is 0 Å². The van der Waals surface area contributed by atoms with Crippen LogP contribution in [0.3, 0.4) is 0 Å². The Bertz CT molecular complexity index is 904. The number of carbonyl (C=O) groups is 1. The zero-order valence-corrected chi connectivity index (χ0v) is 17.5. The molecule has 150 valence electrons. The fraction of sp³-hybridized carbons (Fsp3) is 0.350. The SMILES string of the molecule is CCCCn1ccc(Nc2ncc(C=O)s2)n1.CNc1c(C)ccc(O)c1C. The number of nitrogens with one attached hydrogen (secondary N) is 2. The first kappa shape index (κ1) is 21.4. The number of phenols is 1. The topological polar surface area (TPSA) is 92.1 Å². The van der Waals surface area contributed by atoms with Crippen LogP contribution in [0.15, 0.2) is 30.6 Å². The third kappa shape index (κ3) is 5.82. The number of thiazole rings is 1. The van der Waals surface area contributed by atoms with Crippen molar-refractivity contribution in [2.45, 2.75) is 40.2 Å². The normalized spacial score (nSPS) is 10.1. The molecule has 0 aliphatic carbocycles. The summed E-state index contributed by atoms with van der Waals surface area (Å²) in [5.74, 6) is 1.10. The fourth-order valence-corrected chi connectivity index (χ4v) is 3.24. The van der Waals surface area contributed by atoms with Gasteiger partial charge in [-0.05, 0) is 31.9 Å². The van der Waals surface area contributed by atoms with Gasteiger partial charge in [0, 0.05) is 37.1 Å². The van der Waals surface area contributed by atoms with Gasteiger partial charge in [-0.2, -0.15) is 5.10 Å². The number of benzene rings is 1. The van der Waals surface area contributed by atoms with Crippen LogP contribution in [0, 0.1) is 13.8 Å². The van der Waals surface area contributed by atoms with Crippen molar-refractivity contribution in [2.75, 3.05) is 17.7 Å². The van der Waals surface area contributed by atoms with Crippen LogP contribution in [-0.2, 0) is 6.54 Å². The maximum Gasteiger partial charge on any atom is 0.188 e. The van der Waals surface area contributed by atoms with E-state index in [0.29, 0.717) is 15.8 Å². The van der Waals surface area contributed by atoms with E-state index in [0.717, 1.165) is 48.3 Å². The second-order valence-corrected chi connectivity index (χ2v) is 7.34. The zero-order valence-electron chi connectivity index (χ0n) is 16.7. The maximum absolute atomic E-state index is 10.5. The standard InChI is InChI=1S/C11H14N4OS.C9H13NO/c1-2-3-5-15-6-4-10(14-15)13-11-12-7-9(8-16)17-11;1-6-4-5-8(11)7(2)9(6)10-3/h4,6-8H,2-3,5H2,1H3,(H,12,13,14);4-5,10-11H,1-3H3. The van der Waals surface area contributed by atoms with Crippen molar-refractivity contribution in [3.63, 3.8) is 0 Å². The minimum atomic E-state index is 0.347. The van der Waals surface area contributed by atoms with Gasteiger partial charge in [0.2, 0.25) is 0 Å². The lowest BCUT2D eigenvalue weighted by molar-refractivity contribution is 0.112. The number of anilines is 3. The first-order chi connectivity index (χ1) is 13.5. The quantitative estimate of drug-likeness (QED) is 0.495. The summed E-state index contributed by atoms with van der Waals surface area (Å²) in [6.07, 6.45) is 6.55. The molecule has 0 bridgehead atoms. The molecule has 3 aromatic rings. The van der Waals surface area contributed by atoms with Gasteiger partial charge in [-0.25, -0.2) is 4.98 Å². The van der Waals surface area contributed by atoms with E-state index in [2.05, 4.69) is 27.6 Å². The summed E-state index contributed by atoms with van der Waals surface area (Å²) in [6.45, 7) is 6.99. The fourth-order valence-electron chi connectivity index (χ4n) is 2.60. The van der Waals surface area contributed by atoms with Crippen molar-refractivity contribution in [3.8, 4) is 5.75 Å². The number of carbonyl (C=O) groups excluding carboxylic acids is 1. The minimum absolute atomic E-state index is 0.347. The highest BCUT2D eigenvalue weighted by Gasteiger charge is 2.04. The van der Waals surface area contributed by atoms with Crippen molar-refractivity contribution >= 4 is 34.3 Å². The lowest BCUT2D eigenvalue weighted by Crippen LogP contribution is -1.99. The van der Waals surface area contributed by atoms with Gasteiger partial charge in [-0.3, -0.25) is 9.48 Å². The largest absolute Gasteiger partial charge is 0.508 e. The predicted octanol–water partition coefficient (Wildman–Crippen LogP) is 4.75. The molecule has 0 atom stereocenters. The van der Waals surface area contributed by atoms with Gasteiger partial charge in [-0.1, -0.05) is 30.7 Å². The summed E-state index contributed by atoms with van der Waals surface area (Å²) in [5.41, 5.74) is 3.08. The molecular formula is C20H27N5O2S. The second kappa shape index (κ2) is 10.5. The lowest BCUT2D eigenvalue weighted by Gasteiger charge is -2.09. The summed E-state index contributed by atoms with van der Waals surface area (Å²) in [5, 5.41) is 20.5. The summed E-state index contributed by atoms with van der Waals surface area (Å²) in [6, 6.07) is 5.51. The Balaban J connectivity index is 0.000000221. The van der Waals surface area contributed by atoms with Gasteiger partial charge < -0.3 is 15.7 Å². The summed E-state index contributed by atoms with van der Waals surface area (Å²) in [7, 11) is 1.86. The third-order valence-corrected chi connectivity index (χ3v) is 4.99. The average molecular weight is 402 g/mol. The van der Waals surface area contributed by atoms with E-state index in [1.807, 2.05) is 43.9 Å². The monoisotopic (exact) mass is 401 g/mol. The van der Waals surface area contributed by atoms with Crippen LogP contribution >= 0.6 is 11.3 Å². The van der Waals surface area contributed by atoms with Crippen LogP contribution in [0.25, 0.3) is 0 Å². The van der Waals surface area contributed by atoms with Crippen molar-refractivity contribution in [2.24, 2.45) is 0 Å². The molecule has 7 nitrogen and oxygen atoms in total. The molecule has 0 amide bonds. The van der Waals surface area contributed by atoms with Gasteiger partial charge >= 0.3 is 0 Å². The predicted molar refractivity (Wildman–Crippen MR) is 115 cm³/mol. The zero-order chi connectivity index (χ0) is 20.5. The van der Waals surface area contributed by atoms with E-state index in [1.165, 1.54) is 11.3 Å². The Labute approximate surface area is 169 Å². The van der Waals surface area contributed by atoms with Gasteiger partial charge in [0.1, 0.15) is 5.75 Å². The maximum atomic E-state index is 10.5. The van der Waals surface area contributed by atoms with Crippen LogP contribution in [0.4, 0.5) is 16.6 Å². The summed E-state index contributed by atoms with van der Waals surface area (Å²) in [4.78, 5) is 15.2. The van der Waals surface area contributed by atoms with Crippen LogP contribution in [0.5, 0.6) is 5.75 Å². The molecule has 28 heavy (non-hydrogen) atoms. The number of hydrogen-bond acceptors (Lipinski definition) is 7. The molecule has 0 fully saturated rings. The Morgan fingerprint density at radius 1 is 1.29 bits per heavy atom. The number of nitrogens with zero attached hydrogens (tertiary/aromatic N) is 3. The molecule has 3 rings (SSSR count). The van der Waals surface area contributed by atoms with E-state index >= 15 is 0 Å². The molecule has 8 heteroatoms. The van der Waals surface area contributed by atoms with E-state index < -0.39 is 0 Å². The molecule has 1 aromatic carbocycles. The van der Waals surface area contributed by atoms with Gasteiger partial charge in [0.15, 0.2) is 17.2 Å². The van der Waals surface area contributed by atoms with E-state index in [1.54, 1.807) is 12.3 Å². The molecule has 0 saturated carbocycles. The molecule has 0 spiro atoms. The van der Waals surface area contributed by atoms with Gasteiger partial charge in [-0.15, -0.1) is 0 Å². The van der Waals surface area contributed by atoms with Crippen LogP contribution < -0.4 is 10.6 Å². The Morgan fingerprint density at radius 3 is 2.68 bits per heavy atom. The molecule has 2 heterocycles. The van der Waals surface area contributed by atoms with Crippen LogP contribution in [-0.4, -0.2) is 33.2 Å². The number of hydrogen-bond donors (Lipinski definition) is 3. The average Bonchev–Trinajstić information content (AvgIpc) is 3.34. The van der Waals surface area contributed by atoms with Crippen molar-refractivity contribution in [1.82, 2.24) is 14.8 Å². The van der Waals surface area contributed by atoms with E-state index in [9.17, 15) is 9.90 Å². The van der Waals surface area contributed by atoms with Crippen molar-refractivity contribution < 1.29 is 9.90 Å². The summed E-state index contributed by atoms with van der Waals surface area (Å²) < 4.78 is 1.90. The highest BCUT2D eigenvalue weighted by Crippen LogP contribution is 2.27. The Kier molecular flexibility index (Phi) is 8.01. The minimum Gasteiger partial charge on any atom is -0.508 e. The molecule has 0 saturated heterocycles. The number of aromatic nitrogens is 3. The second-order valence-electron chi connectivity index (χ2n) is 6.28. The first-order valence-corrected chi connectivity index (χ1v) is 9.98. The first-order valence-electron chi connectivity index (χ1n) is 9.16. The number of unbranched alkanes of at least 4 members (excludes halogenated alkanes) is 1. The molecular weight excluding hydrogens is 374 g/mol. The van der Waals surface area contributed by atoms with Crippen molar-refractivity contribution in [3.05, 3.63) is 46.6 Å². The Hall–Kier alpha value is -2.87. The highest BCUT2D eigenvalue weighted by atomic mass is 32.1. The molecule has 0 unspecified atom stereocenters. The van der Waals surface area contributed by atoms with E-state index in [-0.39, 0.29) is 0 Å². The van der Waals surface area contributed by atoms with Gasteiger partial charge in [0.05, 0.1) is 11.1 Å². The number of aryl methyl sites for hydroxylation is 2. The number of phenolic OH excluding ortho intramolecular Hbond substituents is 1. The molecule has 0 radical (unpaired) electrons. The smallest absolute Gasteiger partial charge is 0.188 e. The number of rotatable bonds is 7. The number of aromatic hydroxyl groups is 1. The highest BCUT2D eigenvalue weighted by molar-refractivity contribution is 7.17. The Morgan fingerprint density at radius 2 is 2.07 bits per heavy atom. The molecule has 0 aliphatic rings. The summed E-state index contributed by atoms with van der Waals surface area (Å²) >= 11 is 1.32. The van der Waals surface area contributed by atoms with Crippen LogP contribution in [0.1, 0.15) is 40.6 Å². The van der Waals surface area contributed by atoms with Crippen LogP contribution in [0.2, 0.25) is 0 Å².